The molecule has 0 aliphatic carbocycles. The molecule has 0 aliphatic heterocycles. The van der Waals surface area contributed by atoms with Crippen LogP contribution in [-0.2, 0) is 6.42 Å². The number of hydrogen-bond donors (Lipinski definition) is 3. The Labute approximate surface area is 108 Å². The van der Waals surface area contributed by atoms with Crippen LogP contribution >= 0.6 is 23.2 Å². The van der Waals surface area contributed by atoms with Crippen LogP contribution < -0.4 is 11.3 Å². The number of aromatic nitrogens is 3. The van der Waals surface area contributed by atoms with E-state index in [9.17, 15) is 0 Å². The van der Waals surface area contributed by atoms with Crippen molar-refractivity contribution in [1.29, 1.82) is 0 Å². The van der Waals surface area contributed by atoms with Crippen molar-refractivity contribution < 1.29 is 0 Å². The first-order valence-electron chi connectivity index (χ1n) is 4.96. The molecule has 2 aromatic rings. The second-order valence-electron chi connectivity index (χ2n) is 3.54. The molecule has 1 unspecified atom stereocenters. The molecule has 0 bridgehead atoms. The van der Waals surface area contributed by atoms with Gasteiger partial charge in [0.1, 0.15) is 12.2 Å². The zero-order valence-corrected chi connectivity index (χ0v) is 10.3. The van der Waals surface area contributed by atoms with E-state index in [1.165, 1.54) is 6.33 Å². The minimum Gasteiger partial charge on any atom is -0.271 e. The number of rotatable bonds is 4. The molecule has 7 heteroatoms. The number of hydrazine groups is 1. The van der Waals surface area contributed by atoms with Crippen LogP contribution in [0.1, 0.15) is 17.4 Å². The molecule has 0 radical (unpaired) electrons. The number of H-pyrrole nitrogens is 1. The van der Waals surface area contributed by atoms with Gasteiger partial charge < -0.3 is 0 Å². The van der Waals surface area contributed by atoms with Crippen molar-refractivity contribution in [3.05, 3.63) is 46.0 Å². The highest BCUT2D eigenvalue weighted by atomic mass is 35.5. The van der Waals surface area contributed by atoms with Crippen molar-refractivity contribution in [2.24, 2.45) is 5.84 Å². The molecular formula is C10H11Cl2N5. The van der Waals surface area contributed by atoms with Crippen molar-refractivity contribution in [2.75, 3.05) is 0 Å². The molecule has 0 aliphatic rings. The second kappa shape index (κ2) is 5.46. The number of hydrogen-bond acceptors (Lipinski definition) is 4. The van der Waals surface area contributed by atoms with Gasteiger partial charge in [0.15, 0.2) is 0 Å². The Morgan fingerprint density at radius 2 is 2.18 bits per heavy atom. The molecule has 0 amide bonds. The summed E-state index contributed by atoms with van der Waals surface area (Å²) in [5.41, 5.74) is 3.69. The number of nitrogens with zero attached hydrogens (tertiary/aromatic N) is 2. The van der Waals surface area contributed by atoms with E-state index < -0.39 is 0 Å². The van der Waals surface area contributed by atoms with E-state index in [2.05, 4.69) is 20.6 Å². The summed E-state index contributed by atoms with van der Waals surface area (Å²) in [7, 11) is 0. The average Bonchev–Trinajstić information content (AvgIpc) is 2.84. The predicted octanol–water partition coefficient (Wildman–Crippen LogP) is 1.86. The molecule has 0 saturated heterocycles. The Kier molecular flexibility index (Phi) is 3.96. The Morgan fingerprint density at radius 1 is 1.35 bits per heavy atom. The third-order valence-corrected chi connectivity index (χ3v) is 3.13. The van der Waals surface area contributed by atoms with Crippen molar-refractivity contribution in [1.82, 2.24) is 20.6 Å². The van der Waals surface area contributed by atoms with Crippen LogP contribution in [0.3, 0.4) is 0 Å². The fourth-order valence-electron chi connectivity index (χ4n) is 1.52. The Bertz CT molecular complexity index is 485. The van der Waals surface area contributed by atoms with Crippen molar-refractivity contribution in [3.63, 3.8) is 0 Å². The summed E-state index contributed by atoms with van der Waals surface area (Å²) in [6.07, 6.45) is 2.08. The summed E-state index contributed by atoms with van der Waals surface area (Å²) in [5, 5.41) is 7.62. The summed E-state index contributed by atoms with van der Waals surface area (Å²) >= 11 is 11.8. The number of halogens is 2. The van der Waals surface area contributed by atoms with Crippen LogP contribution in [-0.4, -0.2) is 15.2 Å². The van der Waals surface area contributed by atoms with Gasteiger partial charge in [0, 0.05) is 0 Å². The molecule has 0 fully saturated rings. The van der Waals surface area contributed by atoms with E-state index in [1.54, 1.807) is 6.07 Å². The number of aromatic amines is 1. The molecule has 1 aromatic heterocycles. The Balaban J connectivity index is 2.16. The van der Waals surface area contributed by atoms with Gasteiger partial charge in [-0.2, -0.15) is 5.10 Å². The monoisotopic (exact) mass is 271 g/mol. The van der Waals surface area contributed by atoms with E-state index in [-0.39, 0.29) is 6.04 Å². The Morgan fingerprint density at radius 3 is 2.76 bits per heavy atom. The van der Waals surface area contributed by atoms with Gasteiger partial charge in [-0.25, -0.2) is 10.4 Å². The molecule has 0 spiro atoms. The standard InChI is InChI=1S/C10H11Cl2N5/c11-7-2-1-6(3-8(7)12)4-9(16-13)10-14-5-15-17-10/h1-3,5,9,16H,4,13H2,(H,14,15,17). The van der Waals surface area contributed by atoms with E-state index in [0.717, 1.165) is 5.56 Å². The lowest BCUT2D eigenvalue weighted by molar-refractivity contribution is 0.524. The fourth-order valence-corrected chi connectivity index (χ4v) is 1.84. The van der Waals surface area contributed by atoms with Crippen LogP contribution in [0.15, 0.2) is 24.5 Å². The molecule has 1 heterocycles. The zero-order chi connectivity index (χ0) is 12.3. The number of benzene rings is 1. The minimum atomic E-state index is -0.144. The van der Waals surface area contributed by atoms with E-state index >= 15 is 0 Å². The Hall–Kier alpha value is -1.14. The quantitative estimate of drug-likeness (QED) is 0.586. The van der Waals surface area contributed by atoms with E-state index in [4.69, 9.17) is 29.0 Å². The maximum atomic E-state index is 5.95. The highest BCUT2D eigenvalue weighted by Gasteiger charge is 2.13. The molecular weight excluding hydrogens is 261 g/mol. The zero-order valence-electron chi connectivity index (χ0n) is 8.82. The van der Waals surface area contributed by atoms with Crippen molar-refractivity contribution >= 4 is 23.2 Å². The molecule has 1 aromatic carbocycles. The molecule has 90 valence electrons. The largest absolute Gasteiger partial charge is 0.271 e. The van der Waals surface area contributed by atoms with E-state index in [0.29, 0.717) is 22.3 Å². The maximum absolute atomic E-state index is 5.95. The van der Waals surface area contributed by atoms with Crippen LogP contribution in [0, 0.1) is 0 Å². The van der Waals surface area contributed by atoms with Crippen LogP contribution in [0.2, 0.25) is 10.0 Å². The SMILES string of the molecule is NNC(Cc1ccc(Cl)c(Cl)c1)c1ncn[nH]1. The molecule has 2 rings (SSSR count). The van der Waals surface area contributed by atoms with E-state index in [1.807, 2.05) is 12.1 Å². The maximum Gasteiger partial charge on any atom is 0.143 e. The summed E-state index contributed by atoms with van der Waals surface area (Å²) in [6, 6.07) is 5.32. The average molecular weight is 272 g/mol. The first kappa shape index (κ1) is 12.3. The van der Waals surface area contributed by atoms with Crippen LogP contribution in [0.4, 0.5) is 0 Å². The smallest absolute Gasteiger partial charge is 0.143 e. The molecule has 0 saturated carbocycles. The second-order valence-corrected chi connectivity index (χ2v) is 4.36. The minimum absolute atomic E-state index is 0.144. The topological polar surface area (TPSA) is 79.6 Å². The van der Waals surface area contributed by atoms with Gasteiger partial charge in [0.05, 0.1) is 16.1 Å². The van der Waals surface area contributed by atoms with Gasteiger partial charge in [-0.3, -0.25) is 10.9 Å². The highest BCUT2D eigenvalue weighted by molar-refractivity contribution is 6.42. The highest BCUT2D eigenvalue weighted by Crippen LogP contribution is 2.24. The normalized spacial score (nSPS) is 12.6. The van der Waals surface area contributed by atoms with Gasteiger partial charge in [-0.15, -0.1) is 0 Å². The van der Waals surface area contributed by atoms with Crippen LogP contribution in [0.25, 0.3) is 0 Å². The number of nitrogens with two attached hydrogens (primary N) is 1. The fraction of sp³-hybridized carbons (Fsp3) is 0.200. The summed E-state index contributed by atoms with van der Waals surface area (Å²) in [6.45, 7) is 0. The number of nitrogens with one attached hydrogen (secondary N) is 2. The third-order valence-electron chi connectivity index (χ3n) is 2.39. The summed E-state index contributed by atoms with van der Waals surface area (Å²) < 4.78 is 0. The van der Waals surface area contributed by atoms with Gasteiger partial charge in [0.25, 0.3) is 0 Å². The molecule has 1 atom stereocenters. The summed E-state index contributed by atoms with van der Waals surface area (Å²) in [4.78, 5) is 4.06. The van der Waals surface area contributed by atoms with Gasteiger partial charge in [0.2, 0.25) is 0 Å². The van der Waals surface area contributed by atoms with Gasteiger partial charge in [-0.05, 0) is 24.1 Å². The third kappa shape index (κ3) is 2.95. The van der Waals surface area contributed by atoms with Crippen LogP contribution in [0.5, 0.6) is 0 Å². The molecule has 4 N–H and O–H groups in total. The van der Waals surface area contributed by atoms with Gasteiger partial charge in [-0.1, -0.05) is 29.3 Å². The van der Waals surface area contributed by atoms with Crippen molar-refractivity contribution in [3.8, 4) is 0 Å². The first-order valence-corrected chi connectivity index (χ1v) is 5.71. The molecule has 17 heavy (non-hydrogen) atoms. The lowest BCUT2D eigenvalue weighted by Crippen LogP contribution is -2.30. The lowest BCUT2D eigenvalue weighted by Gasteiger charge is -2.13. The summed E-state index contributed by atoms with van der Waals surface area (Å²) in [5.74, 6) is 6.16. The van der Waals surface area contributed by atoms with Gasteiger partial charge >= 0.3 is 0 Å². The lowest BCUT2D eigenvalue weighted by atomic mass is 10.1. The molecule has 5 nitrogen and oxygen atoms in total. The van der Waals surface area contributed by atoms with Crippen molar-refractivity contribution in [2.45, 2.75) is 12.5 Å². The predicted molar refractivity (Wildman–Crippen MR) is 66.6 cm³/mol. The first-order chi connectivity index (χ1) is 8.20.